The van der Waals surface area contributed by atoms with Crippen molar-refractivity contribution in [2.24, 2.45) is 11.8 Å². The smallest absolute Gasteiger partial charge is 0.223 e. The first-order chi connectivity index (χ1) is 7.15. The van der Waals surface area contributed by atoms with Crippen LogP contribution in [0.2, 0.25) is 0 Å². The summed E-state index contributed by atoms with van der Waals surface area (Å²) in [4.78, 5) is 11.6. The van der Waals surface area contributed by atoms with Gasteiger partial charge in [0.25, 0.3) is 0 Å². The Bertz CT molecular complexity index is 207. The van der Waals surface area contributed by atoms with E-state index in [1.54, 1.807) is 0 Å². The van der Waals surface area contributed by atoms with Crippen LogP contribution in [-0.2, 0) is 9.53 Å². The number of amides is 1. The molecule has 0 saturated carbocycles. The lowest BCUT2D eigenvalue weighted by molar-refractivity contribution is -0.127. The molecule has 0 aromatic heterocycles. The molecule has 5 heteroatoms. The SMILES string of the molecule is COCC(O)CNC(=O)C(C)C1CNC1. The average molecular weight is 216 g/mol. The van der Waals surface area contributed by atoms with Gasteiger partial charge in [0, 0.05) is 19.6 Å². The van der Waals surface area contributed by atoms with Gasteiger partial charge in [-0.25, -0.2) is 0 Å². The molecule has 15 heavy (non-hydrogen) atoms. The van der Waals surface area contributed by atoms with E-state index in [1.807, 2.05) is 6.92 Å². The molecule has 1 heterocycles. The molecule has 0 aromatic carbocycles. The van der Waals surface area contributed by atoms with Crippen LogP contribution in [0.1, 0.15) is 6.92 Å². The molecule has 0 spiro atoms. The van der Waals surface area contributed by atoms with E-state index >= 15 is 0 Å². The number of carbonyl (C=O) groups excluding carboxylic acids is 1. The summed E-state index contributed by atoms with van der Waals surface area (Å²) in [6.07, 6.45) is -0.620. The van der Waals surface area contributed by atoms with Gasteiger partial charge in [-0.05, 0) is 19.0 Å². The number of aliphatic hydroxyl groups is 1. The van der Waals surface area contributed by atoms with Crippen molar-refractivity contribution >= 4 is 5.91 Å². The molecule has 3 N–H and O–H groups in total. The molecule has 0 radical (unpaired) electrons. The number of ether oxygens (including phenoxy) is 1. The second-order valence-electron chi connectivity index (χ2n) is 4.06. The molecule has 1 rings (SSSR count). The number of methoxy groups -OCH3 is 1. The number of hydrogen-bond acceptors (Lipinski definition) is 4. The molecule has 0 aromatic rings. The summed E-state index contributed by atoms with van der Waals surface area (Å²) in [5.41, 5.74) is 0. The fraction of sp³-hybridized carbons (Fsp3) is 0.900. The zero-order chi connectivity index (χ0) is 11.3. The summed E-state index contributed by atoms with van der Waals surface area (Å²) in [6.45, 7) is 4.25. The van der Waals surface area contributed by atoms with E-state index in [1.165, 1.54) is 7.11 Å². The van der Waals surface area contributed by atoms with E-state index in [-0.39, 0.29) is 25.0 Å². The van der Waals surface area contributed by atoms with Crippen LogP contribution in [0.4, 0.5) is 0 Å². The summed E-state index contributed by atoms with van der Waals surface area (Å²) in [5.74, 6) is 0.460. The molecule has 5 nitrogen and oxygen atoms in total. The third-order valence-corrected chi connectivity index (χ3v) is 2.80. The van der Waals surface area contributed by atoms with Gasteiger partial charge in [0.15, 0.2) is 0 Å². The molecule has 1 aliphatic rings. The second-order valence-corrected chi connectivity index (χ2v) is 4.06. The van der Waals surface area contributed by atoms with Gasteiger partial charge < -0.3 is 20.5 Å². The highest BCUT2D eigenvalue weighted by molar-refractivity contribution is 5.78. The highest BCUT2D eigenvalue weighted by Crippen LogP contribution is 2.15. The molecule has 2 atom stereocenters. The van der Waals surface area contributed by atoms with E-state index in [0.717, 1.165) is 13.1 Å². The highest BCUT2D eigenvalue weighted by Gasteiger charge is 2.28. The van der Waals surface area contributed by atoms with Gasteiger partial charge in [0.1, 0.15) is 0 Å². The van der Waals surface area contributed by atoms with Crippen LogP contribution in [0.15, 0.2) is 0 Å². The largest absolute Gasteiger partial charge is 0.389 e. The number of rotatable bonds is 6. The second kappa shape index (κ2) is 6.05. The Labute approximate surface area is 90.2 Å². The Balaban J connectivity index is 2.16. The van der Waals surface area contributed by atoms with Crippen LogP contribution in [0.5, 0.6) is 0 Å². The van der Waals surface area contributed by atoms with Crippen molar-refractivity contribution in [3.8, 4) is 0 Å². The van der Waals surface area contributed by atoms with Crippen LogP contribution in [0.3, 0.4) is 0 Å². The number of aliphatic hydroxyl groups excluding tert-OH is 1. The summed E-state index contributed by atoms with van der Waals surface area (Å²) < 4.78 is 4.76. The topological polar surface area (TPSA) is 70.6 Å². The Morgan fingerprint density at radius 3 is 2.80 bits per heavy atom. The maximum Gasteiger partial charge on any atom is 0.223 e. The van der Waals surface area contributed by atoms with E-state index in [2.05, 4.69) is 10.6 Å². The Hall–Kier alpha value is -0.650. The molecule has 1 saturated heterocycles. The zero-order valence-corrected chi connectivity index (χ0v) is 9.32. The maximum absolute atomic E-state index is 11.6. The molecule has 88 valence electrons. The van der Waals surface area contributed by atoms with Crippen molar-refractivity contribution in [3.63, 3.8) is 0 Å². The number of hydrogen-bond donors (Lipinski definition) is 3. The lowest BCUT2D eigenvalue weighted by Crippen LogP contribution is -2.50. The molecule has 1 amide bonds. The van der Waals surface area contributed by atoms with E-state index in [9.17, 15) is 9.90 Å². The summed E-state index contributed by atoms with van der Waals surface area (Å²) in [7, 11) is 1.52. The number of carbonyl (C=O) groups is 1. The highest BCUT2D eigenvalue weighted by atomic mass is 16.5. The molecule has 1 fully saturated rings. The third-order valence-electron chi connectivity index (χ3n) is 2.80. The van der Waals surface area contributed by atoms with Gasteiger partial charge in [0.2, 0.25) is 5.91 Å². The van der Waals surface area contributed by atoms with Crippen LogP contribution in [-0.4, -0.2) is 50.5 Å². The minimum atomic E-state index is -0.620. The van der Waals surface area contributed by atoms with E-state index in [0.29, 0.717) is 5.92 Å². The van der Waals surface area contributed by atoms with Gasteiger partial charge in [-0.2, -0.15) is 0 Å². The van der Waals surface area contributed by atoms with Crippen molar-refractivity contribution in [2.45, 2.75) is 13.0 Å². The van der Waals surface area contributed by atoms with Crippen molar-refractivity contribution in [1.82, 2.24) is 10.6 Å². The first-order valence-electron chi connectivity index (χ1n) is 5.30. The quantitative estimate of drug-likeness (QED) is 0.531. The van der Waals surface area contributed by atoms with Crippen molar-refractivity contribution in [2.75, 3.05) is 33.4 Å². The number of nitrogens with one attached hydrogen (secondary N) is 2. The van der Waals surface area contributed by atoms with Crippen LogP contribution >= 0.6 is 0 Å². The summed E-state index contributed by atoms with van der Waals surface area (Å²) in [6, 6.07) is 0. The van der Waals surface area contributed by atoms with Gasteiger partial charge in [-0.1, -0.05) is 6.92 Å². The maximum atomic E-state index is 11.6. The summed E-state index contributed by atoms with van der Waals surface area (Å²) >= 11 is 0. The van der Waals surface area contributed by atoms with Crippen LogP contribution < -0.4 is 10.6 Å². The molecule has 1 aliphatic heterocycles. The Morgan fingerprint density at radius 2 is 2.33 bits per heavy atom. The van der Waals surface area contributed by atoms with E-state index in [4.69, 9.17) is 4.74 Å². The monoisotopic (exact) mass is 216 g/mol. The fourth-order valence-corrected chi connectivity index (χ4v) is 1.51. The molecular weight excluding hydrogens is 196 g/mol. The van der Waals surface area contributed by atoms with Gasteiger partial charge >= 0.3 is 0 Å². The minimum absolute atomic E-state index is 0.0108. The van der Waals surface area contributed by atoms with Gasteiger partial charge in [0.05, 0.1) is 12.7 Å². The van der Waals surface area contributed by atoms with Crippen molar-refractivity contribution < 1.29 is 14.6 Å². The molecule has 2 unspecified atom stereocenters. The first kappa shape index (κ1) is 12.4. The van der Waals surface area contributed by atoms with Crippen molar-refractivity contribution in [3.05, 3.63) is 0 Å². The van der Waals surface area contributed by atoms with Crippen molar-refractivity contribution in [1.29, 1.82) is 0 Å². The average Bonchev–Trinajstić information content (AvgIpc) is 2.11. The summed E-state index contributed by atoms with van der Waals surface area (Å²) in [5, 5.41) is 15.2. The van der Waals surface area contributed by atoms with Crippen LogP contribution in [0.25, 0.3) is 0 Å². The third kappa shape index (κ3) is 3.77. The lowest BCUT2D eigenvalue weighted by Gasteiger charge is -2.31. The first-order valence-corrected chi connectivity index (χ1v) is 5.30. The molecular formula is C10H20N2O3. The van der Waals surface area contributed by atoms with Gasteiger partial charge in [-0.15, -0.1) is 0 Å². The molecule has 0 bridgehead atoms. The predicted molar refractivity (Wildman–Crippen MR) is 56.4 cm³/mol. The fourth-order valence-electron chi connectivity index (χ4n) is 1.51. The van der Waals surface area contributed by atoms with Crippen LogP contribution in [0, 0.1) is 11.8 Å². The molecule has 0 aliphatic carbocycles. The Morgan fingerprint density at radius 1 is 1.67 bits per heavy atom. The standard InChI is InChI=1S/C10H20N2O3/c1-7(8-3-11-4-8)10(14)12-5-9(13)6-15-2/h7-9,11,13H,3-6H2,1-2H3,(H,12,14). The van der Waals surface area contributed by atoms with Gasteiger partial charge in [-0.3, -0.25) is 4.79 Å². The normalized spacial score (nSPS) is 20.5. The lowest BCUT2D eigenvalue weighted by atomic mass is 9.88. The zero-order valence-electron chi connectivity index (χ0n) is 9.32. The van der Waals surface area contributed by atoms with E-state index < -0.39 is 6.10 Å². The minimum Gasteiger partial charge on any atom is -0.389 e. The predicted octanol–water partition coefficient (Wildman–Crippen LogP) is -1.03. The Kier molecular flexibility index (Phi) is 5.01.